The minimum atomic E-state index is 0.483. The Kier molecular flexibility index (Phi) is 4.16. The van der Waals surface area contributed by atoms with Gasteiger partial charge in [0.25, 0.3) is 0 Å². The second-order valence-corrected chi connectivity index (χ2v) is 4.56. The second-order valence-electron chi connectivity index (χ2n) is 3.52. The molecule has 1 rings (SSSR count). The Labute approximate surface area is 88.7 Å². The Morgan fingerprint density at radius 1 is 1.50 bits per heavy atom. The average molecular weight is 212 g/mol. The van der Waals surface area contributed by atoms with Gasteiger partial charge in [-0.1, -0.05) is 13.8 Å². The molecule has 5 heteroatoms. The van der Waals surface area contributed by atoms with Crippen molar-refractivity contribution in [1.29, 1.82) is 0 Å². The molecule has 1 aromatic heterocycles. The van der Waals surface area contributed by atoms with Gasteiger partial charge in [-0.15, -0.1) is 11.8 Å². The number of nitrogen functional groups attached to an aromatic ring is 1. The van der Waals surface area contributed by atoms with E-state index in [4.69, 9.17) is 5.84 Å². The molecular weight excluding hydrogens is 196 g/mol. The van der Waals surface area contributed by atoms with Gasteiger partial charge in [0.15, 0.2) is 0 Å². The monoisotopic (exact) mass is 212 g/mol. The van der Waals surface area contributed by atoms with E-state index in [0.29, 0.717) is 11.9 Å². The van der Waals surface area contributed by atoms with Crippen molar-refractivity contribution < 1.29 is 0 Å². The van der Waals surface area contributed by atoms with Crippen LogP contribution in [0.3, 0.4) is 0 Å². The largest absolute Gasteiger partial charge is 0.292 e. The van der Waals surface area contributed by atoms with E-state index in [1.165, 1.54) is 0 Å². The summed E-state index contributed by atoms with van der Waals surface area (Å²) in [4.78, 5) is 8.36. The third kappa shape index (κ3) is 3.51. The standard InChI is InChI=1S/C9H16N4S/c1-6(2)5-14-8-4-7(3)11-9(12-8)13-10/h4,6H,5,10H2,1-3H3,(H,11,12,13). The van der Waals surface area contributed by atoms with Crippen LogP contribution in [0.1, 0.15) is 19.5 Å². The maximum absolute atomic E-state index is 5.26. The van der Waals surface area contributed by atoms with Gasteiger partial charge < -0.3 is 0 Å². The summed E-state index contributed by atoms with van der Waals surface area (Å²) < 4.78 is 0. The van der Waals surface area contributed by atoms with Crippen LogP contribution in [0.15, 0.2) is 11.1 Å². The van der Waals surface area contributed by atoms with E-state index in [1.54, 1.807) is 11.8 Å². The molecule has 0 aliphatic carbocycles. The zero-order chi connectivity index (χ0) is 10.6. The van der Waals surface area contributed by atoms with E-state index in [-0.39, 0.29) is 0 Å². The number of nitrogens with zero attached hydrogens (tertiary/aromatic N) is 2. The van der Waals surface area contributed by atoms with E-state index in [2.05, 4.69) is 29.2 Å². The van der Waals surface area contributed by atoms with Gasteiger partial charge in [0.2, 0.25) is 5.95 Å². The van der Waals surface area contributed by atoms with Crippen molar-refractivity contribution in [1.82, 2.24) is 9.97 Å². The predicted molar refractivity (Wildman–Crippen MR) is 60.1 cm³/mol. The molecule has 0 aliphatic heterocycles. The smallest absolute Gasteiger partial charge is 0.238 e. The molecule has 14 heavy (non-hydrogen) atoms. The fourth-order valence-electron chi connectivity index (χ4n) is 0.930. The van der Waals surface area contributed by atoms with Gasteiger partial charge in [-0.05, 0) is 18.9 Å². The lowest BCUT2D eigenvalue weighted by Gasteiger charge is -2.06. The molecule has 3 N–H and O–H groups in total. The average Bonchev–Trinajstić information content (AvgIpc) is 2.14. The van der Waals surface area contributed by atoms with E-state index >= 15 is 0 Å². The Balaban J connectivity index is 2.71. The number of rotatable bonds is 4. The summed E-state index contributed by atoms with van der Waals surface area (Å²) in [6.07, 6.45) is 0. The van der Waals surface area contributed by atoms with Crippen LogP contribution in [0.5, 0.6) is 0 Å². The Morgan fingerprint density at radius 3 is 2.79 bits per heavy atom. The number of anilines is 1. The molecular formula is C9H16N4S. The third-order valence-electron chi connectivity index (χ3n) is 1.52. The highest BCUT2D eigenvalue weighted by Gasteiger charge is 2.02. The molecule has 0 saturated carbocycles. The summed E-state index contributed by atoms with van der Waals surface area (Å²) in [5.74, 6) is 7.45. The molecule has 0 atom stereocenters. The number of hydrogen-bond donors (Lipinski definition) is 2. The lowest BCUT2D eigenvalue weighted by molar-refractivity contribution is 0.749. The van der Waals surface area contributed by atoms with Gasteiger partial charge in [-0.2, -0.15) is 0 Å². The SMILES string of the molecule is Cc1cc(SCC(C)C)nc(NN)n1. The first-order chi connectivity index (χ1) is 6.61. The van der Waals surface area contributed by atoms with Crippen LogP contribution in [0.2, 0.25) is 0 Å². The second kappa shape index (κ2) is 5.17. The highest BCUT2D eigenvalue weighted by Crippen LogP contribution is 2.19. The number of aryl methyl sites for hydroxylation is 1. The molecule has 4 nitrogen and oxygen atoms in total. The first-order valence-electron chi connectivity index (χ1n) is 4.57. The van der Waals surface area contributed by atoms with Crippen molar-refractivity contribution in [2.45, 2.75) is 25.8 Å². The van der Waals surface area contributed by atoms with Crippen molar-refractivity contribution in [2.75, 3.05) is 11.2 Å². The Bertz CT molecular complexity index is 301. The van der Waals surface area contributed by atoms with Crippen LogP contribution in [-0.4, -0.2) is 15.7 Å². The van der Waals surface area contributed by atoms with Crippen molar-refractivity contribution in [3.05, 3.63) is 11.8 Å². The molecule has 78 valence electrons. The first kappa shape index (κ1) is 11.3. The fraction of sp³-hybridized carbons (Fsp3) is 0.556. The number of thioether (sulfide) groups is 1. The summed E-state index contributed by atoms with van der Waals surface area (Å²) in [5.41, 5.74) is 3.39. The quantitative estimate of drug-likeness (QED) is 0.345. The Morgan fingerprint density at radius 2 is 2.21 bits per heavy atom. The van der Waals surface area contributed by atoms with E-state index < -0.39 is 0 Å². The van der Waals surface area contributed by atoms with Crippen molar-refractivity contribution >= 4 is 17.7 Å². The zero-order valence-corrected chi connectivity index (χ0v) is 9.56. The topological polar surface area (TPSA) is 63.8 Å². The number of hydrogen-bond acceptors (Lipinski definition) is 5. The van der Waals surface area contributed by atoms with Crippen molar-refractivity contribution in [3.8, 4) is 0 Å². The van der Waals surface area contributed by atoms with Crippen LogP contribution in [0.25, 0.3) is 0 Å². The minimum Gasteiger partial charge on any atom is -0.292 e. The minimum absolute atomic E-state index is 0.483. The van der Waals surface area contributed by atoms with Crippen molar-refractivity contribution in [2.24, 2.45) is 11.8 Å². The predicted octanol–water partition coefficient (Wildman–Crippen LogP) is 1.82. The molecule has 0 aliphatic rings. The van der Waals surface area contributed by atoms with Gasteiger partial charge in [0, 0.05) is 11.4 Å². The van der Waals surface area contributed by atoms with Gasteiger partial charge in [0.1, 0.15) is 5.03 Å². The molecule has 0 fully saturated rings. The van der Waals surface area contributed by atoms with Crippen LogP contribution in [-0.2, 0) is 0 Å². The summed E-state index contributed by atoms with van der Waals surface area (Å²) >= 11 is 1.73. The molecule has 0 unspecified atom stereocenters. The first-order valence-corrected chi connectivity index (χ1v) is 5.55. The molecule has 0 aromatic carbocycles. The number of aromatic nitrogens is 2. The van der Waals surface area contributed by atoms with Crippen LogP contribution in [0.4, 0.5) is 5.95 Å². The summed E-state index contributed by atoms with van der Waals surface area (Å²) in [6, 6.07) is 1.97. The van der Waals surface area contributed by atoms with Crippen LogP contribution >= 0.6 is 11.8 Å². The van der Waals surface area contributed by atoms with Gasteiger partial charge in [-0.25, -0.2) is 15.8 Å². The van der Waals surface area contributed by atoms with E-state index in [0.717, 1.165) is 16.5 Å². The number of nitrogens with two attached hydrogens (primary N) is 1. The van der Waals surface area contributed by atoms with E-state index in [9.17, 15) is 0 Å². The van der Waals surface area contributed by atoms with E-state index in [1.807, 2.05) is 13.0 Å². The number of hydrazine groups is 1. The molecule has 0 bridgehead atoms. The number of nitrogens with one attached hydrogen (secondary N) is 1. The molecule has 0 radical (unpaired) electrons. The summed E-state index contributed by atoms with van der Waals surface area (Å²) in [5, 5.41) is 0.971. The third-order valence-corrected chi connectivity index (χ3v) is 2.86. The summed E-state index contributed by atoms with van der Waals surface area (Å²) in [6.45, 7) is 6.30. The zero-order valence-electron chi connectivity index (χ0n) is 8.74. The van der Waals surface area contributed by atoms with Gasteiger partial charge in [-0.3, -0.25) is 5.43 Å². The fourth-order valence-corrected chi connectivity index (χ4v) is 1.84. The highest BCUT2D eigenvalue weighted by atomic mass is 32.2. The molecule has 1 aromatic rings. The molecule has 1 heterocycles. The van der Waals surface area contributed by atoms with Crippen LogP contribution < -0.4 is 11.3 Å². The lowest BCUT2D eigenvalue weighted by atomic mass is 10.3. The Hall–Kier alpha value is -0.810. The van der Waals surface area contributed by atoms with Crippen LogP contribution in [0, 0.1) is 12.8 Å². The normalized spacial score (nSPS) is 10.6. The molecule has 0 amide bonds. The summed E-state index contributed by atoms with van der Waals surface area (Å²) in [7, 11) is 0. The molecule has 0 spiro atoms. The molecule has 0 saturated heterocycles. The maximum Gasteiger partial charge on any atom is 0.238 e. The van der Waals surface area contributed by atoms with Crippen molar-refractivity contribution in [3.63, 3.8) is 0 Å². The van der Waals surface area contributed by atoms with Gasteiger partial charge in [0.05, 0.1) is 0 Å². The highest BCUT2D eigenvalue weighted by molar-refractivity contribution is 7.99. The maximum atomic E-state index is 5.26. The van der Waals surface area contributed by atoms with Gasteiger partial charge >= 0.3 is 0 Å². The lowest BCUT2D eigenvalue weighted by Crippen LogP contribution is -2.11.